The average molecular weight is 444 g/mol. The van der Waals surface area contributed by atoms with Gasteiger partial charge < -0.3 is 20.3 Å². The van der Waals surface area contributed by atoms with E-state index < -0.39 is 0 Å². The summed E-state index contributed by atoms with van der Waals surface area (Å²) in [6.07, 6.45) is 2.65. The molecule has 0 spiro atoms. The van der Waals surface area contributed by atoms with Gasteiger partial charge in [-0.2, -0.15) is 0 Å². The lowest BCUT2D eigenvalue weighted by Crippen LogP contribution is -2.48. The van der Waals surface area contributed by atoms with Crippen molar-refractivity contribution in [3.8, 4) is 0 Å². The van der Waals surface area contributed by atoms with Gasteiger partial charge in [0.05, 0.1) is 12.7 Å². The van der Waals surface area contributed by atoms with E-state index in [4.69, 9.17) is 4.74 Å². The molecule has 5 nitrogen and oxygen atoms in total. The van der Waals surface area contributed by atoms with Crippen LogP contribution in [0.25, 0.3) is 0 Å². The predicted octanol–water partition coefficient (Wildman–Crippen LogP) is 1.83. The molecule has 134 valence electrons. The number of nitrogens with zero attached hydrogens (tertiary/aromatic N) is 2. The molecule has 1 aromatic rings. The maximum absolute atomic E-state index is 5.78. The van der Waals surface area contributed by atoms with Gasteiger partial charge in [0.1, 0.15) is 0 Å². The van der Waals surface area contributed by atoms with Gasteiger partial charge in [0.15, 0.2) is 5.96 Å². The molecule has 1 heterocycles. The highest BCUT2D eigenvalue weighted by Gasteiger charge is 2.22. The van der Waals surface area contributed by atoms with Crippen LogP contribution in [-0.2, 0) is 11.2 Å². The number of aryl methyl sites for hydroxylation is 1. The lowest BCUT2D eigenvalue weighted by Gasteiger charge is -2.30. The van der Waals surface area contributed by atoms with Crippen LogP contribution in [0, 0.1) is 0 Å². The van der Waals surface area contributed by atoms with E-state index in [-0.39, 0.29) is 30.1 Å². The van der Waals surface area contributed by atoms with Gasteiger partial charge in [-0.1, -0.05) is 24.3 Å². The Kier molecular flexibility index (Phi) is 7.77. The summed E-state index contributed by atoms with van der Waals surface area (Å²) >= 11 is 0. The molecule has 1 aliphatic heterocycles. The Hall–Kier alpha value is -0.860. The van der Waals surface area contributed by atoms with Crippen LogP contribution in [0.3, 0.4) is 0 Å². The Morgan fingerprint density at radius 3 is 2.88 bits per heavy atom. The van der Waals surface area contributed by atoms with E-state index >= 15 is 0 Å². The van der Waals surface area contributed by atoms with Crippen molar-refractivity contribution in [1.82, 2.24) is 15.5 Å². The third-order valence-electron chi connectivity index (χ3n) is 4.84. The first-order chi connectivity index (χ1) is 11.3. The van der Waals surface area contributed by atoms with E-state index in [2.05, 4.69) is 51.8 Å². The second kappa shape index (κ2) is 9.58. The molecule has 0 aromatic heterocycles. The number of aliphatic imine (C=N–C) groups is 1. The molecule has 1 aliphatic carbocycles. The van der Waals surface area contributed by atoms with E-state index in [9.17, 15) is 0 Å². The van der Waals surface area contributed by atoms with Crippen molar-refractivity contribution < 1.29 is 4.74 Å². The summed E-state index contributed by atoms with van der Waals surface area (Å²) < 4.78 is 5.78. The first-order valence-electron chi connectivity index (χ1n) is 8.58. The SMILES string of the molecule is CN=C(NCC1CN(C)CCO1)NCC1CCc2ccccc21.I. The molecule has 0 bridgehead atoms. The summed E-state index contributed by atoms with van der Waals surface area (Å²) in [7, 11) is 3.96. The van der Waals surface area contributed by atoms with Crippen molar-refractivity contribution in [3.63, 3.8) is 0 Å². The fourth-order valence-corrected chi connectivity index (χ4v) is 3.50. The lowest BCUT2D eigenvalue weighted by molar-refractivity contribution is -0.0161. The highest BCUT2D eigenvalue weighted by molar-refractivity contribution is 14.0. The minimum atomic E-state index is 0. The average Bonchev–Trinajstić information content (AvgIpc) is 2.98. The number of ether oxygens (including phenoxy) is 1. The Balaban J connectivity index is 0.00000208. The van der Waals surface area contributed by atoms with Gasteiger partial charge in [0.2, 0.25) is 0 Å². The topological polar surface area (TPSA) is 48.9 Å². The van der Waals surface area contributed by atoms with E-state index in [1.807, 2.05) is 7.05 Å². The Morgan fingerprint density at radius 2 is 2.08 bits per heavy atom. The first kappa shape index (κ1) is 19.5. The van der Waals surface area contributed by atoms with Crippen LogP contribution in [0.4, 0.5) is 0 Å². The van der Waals surface area contributed by atoms with E-state index in [1.165, 1.54) is 24.0 Å². The highest BCUT2D eigenvalue weighted by Crippen LogP contribution is 2.31. The Labute approximate surface area is 162 Å². The standard InChI is InChI=1S/C18H28N4O.HI/c1-19-18(21-12-16-13-22(2)9-10-23-16)20-11-15-8-7-14-5-3-4-6-17(14)15;/h3-6,15-16H,7-13H2,1-2H3,(H2,19,20,21);1H. The van der Waals surface area contributed by atoms with Crippen molar-refractivity contribution in [1.29, 1.82) is 0 Å². The number of fused-ring (bicyclic) bond motifs is 1. The monoisotopic (exact) mass is 444 g/mol. The summed E-state index contributed by atoms with van der Waals surface area (Å²) in [6, 6.07) is 8.79. The van der Waals surface area contributed by atoms with Gasteiger partial charge in [0, 0.05) is 39.1 Å². The van der Waals surface area contributed by atoms with Gasteiger partial charge in [-0.05, 0) is 31.0 Å². The Bertz CT molecular complexity index is 552. The van der Waals surface area contributed by atoms with Crippen molar-refractivity contribution in [3.05, 3.63) is 35.4 Å². The molecular formula is C18H29IN4O. The molecule has 2 aliphatic rings. The molecule has 24 heavy (non-hydrogen) atoms. The van der Waals surface area contributed by atoms with Gasteiger partial charge in [-0.15, -0.1) is 24.0 Å². The molecule has 0 radical (unpaired) electrons. The number of hydrogen-bond acceptors (Lipinski definition) is 3. The number of morpholine rings is 1. The van der Waals surface area contributed by atoms with Crippen molar-refractivity contribution >= 4 is 29.9 Å². The van der Waals surface area contributed by atoms with Crippen LogP contribution in [0.15, 0.2) is 29.3 Å². The molecule has 0 saturated carbocycles. The fourth-order valence-electron chi connectivity index (χ4n) is 3.50. The molecule has 1 saturated heterocycles. The summed E-state index contributed by atoms with van der Waals surface area (Å²) in [5, 5.41) is 6.87. The van der Waals surface area contributed by atoms with Crippen LogP contribution in [-0.4, -0.2) is 63.8 Å². The zero-order valence-corrected chi connectivity index (χ0v) is 17.0. The van der Waals surface area contributed by atoms with Crippen LogP contribution in [0.1, 0.15) is 23.5 Å². The Morgan fingerprint density at radius 1 is 1.29 bits per heavy atom. The summed E-state index contributed by atoms with van der Waals surface area (Å²) in [4.78, 5) is 6.64. The van der Waals surface area contributed by atoms with Crippen LogP contribution < -0.4 is 10.6 Å². The predicted molar refractivity (Wildman–Crippen MR) is 110 cm³/mol. The molecule has 0 amide bonds. The smallest absolute Gasteiger partial charge is 0.191 e. The van der Waals surface area contributed by atoms with Crippen molar-refractivity contribution in [2.45, 2.75) is 24.9 Å². The van der Waals surface area contributed by atoms with Gasteiger partial charge in [-0.25, -0.2) is 0 Å². The third-order valence-corrected chi connectivity index (χ3v) is 4.84. The molecule has 1 aromatic carbocycles. The van der Waals surface area contributed by atoms with E-state index in [0.29, 0.717) is 5.92 Å². The summed E-state index contributed by atoms with van der Waals surface area (Å²) in [5.74, 6) is 1.45. The number of rotatable bonds is 4. The second-order valence-corrected chi connectivity index (χ2v) is 6.52. The largest absolute Gasteiger partial charge is 0.374 e. The van der Waals surface area contributed by atoms with E-state index in [1.54, 1.807) is 0 Å². The maximum Gasteiger partial charge on any atom is 0.191 e. The summed E-state index contributed by atoms with van der Waals surface area (Å²) in [6.45, 7) is 4.53. The van der Waals surface area contributed by atoms with E-state index in [0.717, 1.165) is 38.7 Å². The molecule has 3 rings (SSSR count). The normalized spacial score (nSPS) is 24.2. The second-order valence-electron chi connectivity index (χ2n) is 6.52. The number of hydrogen-bond donors (Lipinski definition) is 2. The number of likely N-dealkylation sites (N-methyl/N-ethyl adjacent to an activating group) is 1. The van der Waals surface area contributed by atoms with Crippen LogP contribution in [0.2, 0.25) is 0 Å². The number of halogens is 1. The molecular weight excluding hydrogens is 415 g/mol. The van der Waals surface area contributed by atoms with Crippen molar-refractivity contribution in [2.75, 3.05) is 46.9 Å². The number of nitrogens with one attached hydrogen (secondary N) is 2. The van der Waals surface area contributed by atoms with Crippen molar-refractivity contribution in [2.24, 2.45) is 4.99 Å². The zero-order valence-electron chi connectivity index (χ0n) is 14.6. The fraction of sp³-hybridized carbons (Fsp3) is 0.611. The minimum absolute atomic E-state index is 0. The molecule has 2 unspecified atom stereocenters. The van der Waals surface area contributed by atoms with Gasteiger partial charge in [0.25, 0.3) is 0 Å². The molecule has 2 N–H and O–H groups in total. The molecule has 2 atom stereocenters. The number of guanidine groups is 1. The number of benzene rings is 1. The van der Waals surface area contributed by atoms with Crippen LogP contribution >= 0.6 is 24.0 Å². The summed E-state index contributed by atoms with van der Waals surface area (Å²) in [5.41, 5.74) is 2.99. The van der Waals surface area contributed by atoms with Gasteiger partial charge >= 0.3 is 0 Å². The quantitative estimate of drug-likeness (QED) is 0.423. The maximum atomic E-state index is 5.78. The molecule has 6 heteroatoms. The third kappa shape index (κ3) is 5.07. The zero-order chi connectivity index (χ0) is 16.1. The minimum Gasteiger partial charge on any atom is -0.374 e. The van der Waals surface area contributed by atoms with Crippen LogP contribution in [0.5, 0.6) is 0 Å². The van der Waals surface area contributed by atoms with Gasteiger partial charge in [-0.3, -0.25) is 4.99 Å². The lowest BCUT2D eigenvalue weighted by atomic mass is 10.0. The highest BCUT2D eigenvalue weighted by atomic mass is 127. The first-order valence-corrected chi connectivity index (χ1v) is 8.58. The molecule has 1 fully saturated rings.